The van der Waals surface area contributed by atoms with E-state index in [2.05, 4.69) is 4.74 Å². The van der Waals surface area contributed by atoms with Crippen LogP contribution in [-0.2, 0) is 0 Å². The van der Waals surface area contributed by atoms with Crippen LogP contribution in [0.5, 0.6) is 5.75 Å². The van der Waals surface area contributed by atoms with Gasteiger partial charge < -0.3 is 4.74 Å². The summed E-state index contributed by atoms with van der Waals surface area (Å²) in [5, 5.41) is 0. The Labute approximate surface area is 109 Å². The van der Waals surface area contributed by atoms with Crippen molar-refractivity contribution in [3.8, 4) is 5.75 Å². The lowest BCUT2D eigenvalue weighted by atomic mass is 10.1. The van der Waals surface area contributed by atoms with Gasteiger partial charge in [0.25, 0.3) is 0 Å². The standard InChI is InChI=1S/C11H9F5O2S/c1-2-8(17)7-5-6(19-11(14,15)16)3-4-9(7)18-10(12)13/h3-5,10H,2H2,1H3. The molecule has 0 aliphatic carbocycles. The molecule has 106 valence electrons. The maximum absolute atomic E-state index is 12.2. The van der Waals surface area contributed by atoms with Crippen molar-refractivity contribution in [1.29, 1.82) is 0 Å². The molecule has 0 saturated carbocycles. The number of ether oxygens (including phenoxy) is 1. The highest BCUT2D eigenvalue weighted by molar-refractivity contribution is 8.00. The van der Waals surface area contributed by atoms with Crippen molar-refractivity contribution >= 4 is 17.5 Å². The maximum atomic E-state index is 12.2. The van der Waals surface area contributed by atoms with Crippen LogP contribution in [0.2, 0.25) is 0 Å². The lowest BCUT2D eigenvalue weighted by molar-refractivity contribution is -0.0502. The summed E-state index contributed by atoms with van der Waals surface area (Å²) in [5.41, 5.74) is -4.80. The molecule has 0 heterocycles. The van der Waals surface area contributed by atoms with Gasteiger partial charge in [0.05, 0.1) is 5.56 Å². The average Bonchev–Trinajstić information content (AvgIpc) is 2.27. The molecular weight excluding hydrogens is 291 g/mol. The fourth-order valence-corrected chi connectivity index (χ4v) is 1.89. The van der Waals surface area contributed by atoms with Gasteiger partial charge in [0.2, 0.25) is 0 Å². The van der Waals surface area contributed by atoms with Crippen LogP contribution in [-0.4, -0.2) is 17.9 Å². The second kappa shape index (κ2) is 6.23. The smallest absolute Gasteiger partial charge is 0.434 e. The first-order chi connectivity index (χ1) is 8.73. The monoisotopic (exact) mass is 300 g/mol. The van der Waals surface area contributed by atoms with Gasteiger partial charge in [-0.1, -0.05) is 6.92 Å². The number of carbonyl (C=O) groups excluding carboxylic acids is 1. The Morgan fingerprint density at radius 2 is 2.00 bits per heavy atom. The average molecular weight is 300 g/mol. The van der Waals surface area contributed by atoms with E-state index >= 15 is 0 Å². The lowest BCUT2D eigenvalue weighted by Gasteiger charge is -2.12. The van der Waals surface area contributed by atoms with Crippen LogP contribution >= 0.6 is 11.8 Å². The minimum absolute atomic E-state index is 0.0280. The summed E-state index contributed by atoms with van der Waals surface area (Å²) >= 11 is -0.425. The van der Waals surface area contributed by atoms with Crippen molar-refractivity contribution in [3.63, 3.8) is 0 Å². The highest BCUT2D eigenvalue weighted by Gasteiger charge is 2.30. The fourth-order valence-electron chi connectivity index (χ4n) is 1.31. The van der Waals surface area contributed by atoms with E-state index in [4.69, 9.17) is 0 Å². The minimum atomic E-state index is -4.52. The molecule has 0 radical (unpaired) electrons. The van der Waals surface area contributed by atoms with Crippen molar-refractivity contribution in [1.82, 2.24) is 0 Å². The number of carbonyl (C=O) groups is 1. The topological polar surface area (TPSA) is 26.3 Å². The molecule has 0 aromatic heterocycles. The second-order valence-electron chi connectivity index (χ2n) is 3.36. The van der Waals surface area contributed by atoms with Crippen LogP contribution in [0.1, 0.15) is 23.7 Å². The molecule has 0 saturated heterocycles. The number of benzene rings is 1. The Morgan fingerprint density at radius 1 is 1.37 bits per heavy atom. The zero-order chi connectivity index (χ0) is 14.6. The zero-order valence-corrected chi connectivity index (χ0v) is 10.4. The number of alkyl halides is 5. The minimum Gasteiger partial charge on any atom is -0.434 e. The summed E-state index contributed by atoms with van der Waals surface area (Å²) in [6, 6.07) is 2.81. The summed E-state index contributed by atoms with van der Waals surface area (Å²) in [5.74, 6) is -0.992. The van der Waals surface area contributed by atoms with E-state index in [9.17, 15) is 26.7 Å². The first kappa shape index (κ1) is 15.7. The van der Waals surface area contributed by atoms with E-state index in [-0.39, 0.29) is 16.9 Å². The Kier molecular flexibility index (Phi) is 5.16. The Bertz CT molecular complexity index is 459. The number of ketones is 1. The first-order valence-corrected chi connectivity index (χ1v) is 5.92. The van der Waals surface area contributed by atoms with E-state index in [1.165, 1.54) is 6.92 Å². The largest absolute Gasteiger partial charge is 0.446 e. The van der Waals surface area contributed by atoms with Crippen LogP contribution in [0.25, 0.3) is 0 Å². The third kappa shape index (κ3) is 5.06. The number of Topliss-reactive ketones (excluding diaryl/α,β-unsaturated/α-hetero) is 1. The van der Waals surface area contributed by atoms with Gasteiger partial charge >= 0.3 is 12.1 Å². The van der Waals surface area contributed by atoms with Gasteiger partial charge in [0.15, 0.2) is 5.78 Å². The summed E-state index contributed by atoms with van der Waals surface area (Å²) in [7, 11) is 0. The van der Waals surface area contributed by atoms with Gasteiger partial charge in [-0.3, -0.25) is 4.79 Å². The van der Waals surface area contributed by atoms with Crippen LogP contribution < -0.4 is 4.74 Å². The molecule has 1 aromatic carbocycles. The van der Waals surface area contributed by atoms with Gasteiger partial charge in [0, 0.05) is 11.3 Å². The molecule has 0 N–H and O–H groups in total. The molecule has 1 aromatic rings. The van der Waals surface area contributed by atoms with E-state index in [1.54, 1.807) is 0 Å². The van der Waals surface area contributed by atoms with Crippen LogP contribution in [0.4, 0.5) is 22.0 Å². The highest BCUT2D eigenvalue weighted by Crippen LogP contribution is 2.38. The zero-order valence-electron chi connectivity index (χ0n) is 9.63. The van der Waals surface area contributed by atoms with Gasteiger partial charge in [0.1, 0.15) is 5.75 Å². The Morgan fingerprint density at radius 3 is 2.47 bits per heavy atom. The summed E-state index contributed by atoms with van der Waals surface area (Å²) < 4.78 is 64.9. The molecule has 0 aliphatic heterocycles. The quantitative estimate of drug-likeness (QED) is 0.455. The highest BCUT2D eigenvalue weighted by atomic mass is 32.2. The lowest BCUT2D eigenvalue weighted by Crippen LogP contribution is -2.08. The van der Waals surface area contributed by atoms with E-state index < -0.39 is 35.4 Å². The predicted octanol–water partition coefficient (Wildman–Crippen LogP) is 4.49. The maximum Gasteiger partial charge on any atom is 0.446 e. The molecule has 0 spiro atoms. The molecule has 8 heteroatoms. The molecule has 2 nitrogen and oxygen atoms in total. The number of rotatable bonds is 5. The molecule has 0 bridgehead atoms. The number of hydrogen-bond donors (Lipinski definition) is 0. The van der Waals surface area contributed by atoms with Crippen molar-refractivity contribution in [3.05, 3.63) is 23.8 Å². The molecule has 0 atom stereocenters. The number of thioether (sulfide) groups is 1. The van der Waals surface area contributed by atoms with Crippen molar-refractivity contribution in [2.75, 3.05) is 0 Å². The van der Waals surface area contributed by atoms with Crippen molar-refractivity contribution in [2.45, 2.75) is 30.4 Å². The molecule has 0 unspecified atom stereocenters. The fraction of sp³-hybridized carbons (Fsp3) is 0.364. The summed E-state index contributed by atoms with van der Waals surface area (Å²) in [6.07, 6.45) is -0.0280. The SMILES string of the molecule is CCC(=O)c1cc(SC(F)(F)F)ccc1OC(F)F. The number of halogens is 5. The third-order valence-electron chi connectivity index (χ3n) is 2.02. The predicted molar refractivity (Wildman–Crippen MR) is 59.6 cm³/mol. The molecule has 0 amide bonds. The third-order valence-corrected chi connectivity index (χ3v) is 2.74. The van der Waals surface area contributed by atoms with Gasteiger partial charge in [-0.2, -0.15) is 22.0 Å². The van der Waals surface area contributed by atoms with Crippen LogP contribution in [0, 0.1) is 0 Å². The first-order valence-electron chi connectivity index (χ1n) is 5.10. The van der Waals surface area contributed by atoms with Gasteiger partial charge in [-0.25, -0.2) is 0 Å². The van der Waals surface area contributed by atoms with E-state index in [0.717, 1.165) is 18.2 Å². The van der Waals surface area contributed by atoms with Crippen LogP contribution in [0.3, 0.4) is 0 Å². The summed E-state index contributed by atoms with van der Waals surface area (Å²) in [6.45, 7) is -1.68. The Hall–Kier alpha value is -1.31. The van der Waals surface area contributed by atoms with Crippen molar-refractivity contribution < 1.29 is 31.5 Å². The Balaban J connectivity index is 3.11. The second-order valence-corrected chi connectivity index (χ2v) is 4.50. The molecule has 0 fully saturated rings. The van der Waals surface area contributed by atoms with Gasteiger partial charge in [-0.15, -0.1) is 0 Å². The normalized spacial score (nSPS) is 11.7. The molecular formula is C11H9F5O2S. The van der Waals surface area contributed by atoms with E-state index in [0.29, 0.717) is 0 Å². The van der Waals surface area contributed by atoms with E-state index in [1.807, 2.05) is 0 Å². The molecule has 0 aliphatic rings. The summed E-state index contributed by atoms with van der Waals surface area (Å²) in [4.78, 5) is 11.3. The number of hydrogen-bond acceptors (Lipinski definition) is 3. The molecule has 19 heavy (non-hydrogen) atoms. The molecule has 1 rings (SSSR count). The van der Waals surface area contributed by atoms with Gasteiger partial charge in [-0.05, 0) is 30.0 Å². The van der Waals surface area contributed by atoms with Crippen LogP contribution in [0.15, 0.2) is 23.1 Å². The van der Waals surface area contributed by atoms with Crippen molar-refractivity contribution in [2.24, 2.45) is 0 Å².